The maximum Gasteiger partial charge on any atom is 0.247 e. The topological polar surface area (TPSA) is 97.0 Å². The van der Waals surface area contributed by atoms with E-state index in [0.717, 1.165) is 23.3 Å². The fraction of sp³-hybridized carbons (Fsp3) is 0.483. The van der Waals surface area contributed by atoms with Crippen molar-refractivity contribution in [3.8, 4) is 0 Å². The molecule has 0 saturated carbocycles. The highest BCUT2D eigenvalue weighted by Gasteiger charge is 2.50. The second-order valence-electron chi connectivity index (χ2n) is 10.5. The van der Waals surface area contributed by atoms with Gasteiger partial charge in [-0.1, -0.05) is 44.2 Å². The number of carbonyl (C=O) groups is 3. The van der Waals surface area contributed by atoms with Crippen LogP contribution in [-0.2, 0) is 36.7 Å². The molecular weight excluding hydrogens is 508 g/mol. The monoisotopic (exact) mass is 543 g/mol. The van der Waals surface area contributed by atoms with Crippen LogP contribution in [-0.4, -0.2) is 61.8 Å². The number of methoxy groups -OCH3 is 2. The summed E-state index contributed by atoms with van der Waals surface area (Å²) in [5.74, 6) is -3.67. The quantitative estimate of drug-likeness (QED) is 0.450. The molecule has 8 nitrogen and oxygen atoms in total. The molecule has 2 N–H and O–H groups in total. The van der Waals surface area contributed by atoms with Gasteiger partial charge in [0.15, 0.2) is 6.29 Å². The molecule has 0 bridgehead atoms. The average Bonchev–Trinajstić information content (AvgIpc) is 3.33. The summed E-state index contributed by atoms with van der Waals surface area (Å²) in [4.78, 5) is 42.7. The van der Waals surface area contributed by atoms with Gasteiger partial charge < -0.3 is 25.0 Å². The van der Waals surface area contributed by atoms with E-state index in [9.17, 15) is 18.8 Å². The van der Waals surface area contributed by atoms with Crippen LogP contribution in [0.5, 0.6) is 0 Å². The first-order valence-electron chi connectivity index (χ1n) is 13.1. The minimum Gasteiger partial charge on any atom is -0.354 e. The zero-order valence-corrected chi connectivity index (χ0v) is 22.6. The van der Waals surface area contributed by atoms with Crippen LogP contribution < -0.4 is 10.6 Å². The number of rotatable bonds is 10. The normalized spacial score (nSPS) is 20.4. The number of amides is 3. The summed E-state index contributed by atoms with van der Waals surface area (Å²) < 4.78 is 39.4. The van der Waals surface area contributed by atoms with Gasteiger partial charge in [0, 0.05) is 25.8 Å². The smallest absolute Gasteiger partial charge is 0.247 e. The minimum atomic E-state index is -1.52. The average molecular weight is 544 g/mol. The molecule has 1 fully saturated rings. The largest absolute Gasteiger partial charge is 0.354 e. The summed E-state index contributed by atoms with van der Waals surface area (Å²) in [6, 6.07) is 7.24. The molecule has 0 aromatic heterocycles. The summed E-state index contributed by atoms with van der Waals surface area (Å²) in [5, 5.41) is 5.57. The Hall–Kier alpha value is -3.37. The Morgan fingerprint density at radius 3 is 2.28 bits per heavy atom. The van der Waals surface area contributed by atoms with Gasteiger partial charge in [0.05, 0.1) is 6.54 Å². The number of halogens is 2. The van der Waals surface area contributed by atoms with Crippen molar-refractivity contribution < 1.29 is 32.6 Å². The van der Waals surface area contributed by atoms with Gasteiger partial charge in [0.1, 0.15) is 29.8 Å². The van der Waals surface area contributed by atoms with E-state index in [1.807, 2.05) is 38.1 Å². The SMILES string of the molecule is COC(CNC(=O)C(c1ccc(F)cc1F)N1C(=O)[C@@H](C2Cc3ccccc3C2)NC(=O)[C@H]1CC(C)C)OC. The van der Waals surface area contributed by atoms with Crippen LogP contribution in [0, 0.1) is 23.5 Å². The Morgan fingerprint density at radius 1 is 1.08 bits per heavy atom. The van der Waals surface area contributed by atoms with Crippen molar-refractivity contribution in [3.63, 3.8) is 0 Å². The molecule has 2 aromatic rings. The van der Waals surface area contributed by atoms with E-state index in [2.05, 4.69) is 10.6 Å². The number of ether oxygens (including phenoxy) is 2. The summed E-state index contributed by atoms with van der Waals surface area (Å²) in [6.45, 7) is 3.70. The van der Waals surface area contributed by atoms with Gasteiger partial charge in [0.25, 0.3) is 0 Å². The van der Waals surface area contributed by atoms with Gasteiger partial charge >= 0.3 is 0 Å². The van der Waals surface area contributed by atoms with Crippen molar-refractivity contribution >= 4 is 17.7 Å². The molecule has 0 spiro atoms. The van der Waals surface area contributed by atoms with Gasteiger partial charge in [-0.05, 0) is 48.3 Å². The molecule has 2 aromatic carbocycles. The van der Waals surface area contributed by atoms with Crippen LogP contribution in [0.25, 0.3) is 0 Å². The van der Waals surface area contributed by atoms with Crippen molar-refractivity contribution in [1.29, 1.82) is 0 Å². The molecular formula is C29H35F2N3O5. The number of carbonyl (C=O) groups excluding carboxylic acids is 3. The molecule has 210 valence electrons. The standard InChI is InChI=1S/C29H35F2N3O5/c1-16(2)11-23-27(35)33-25(19-12-17-7-5-6-8-18(17)13-19)29(37)34(23)26(21-10-9-20(30)14-22(21)31)28(36)32-15-24(38-3)39-4/h5-10,14,16,19,23-26H,11-13,15H2,1-4H3,(H,32,36)(H,33,35)/t23-,25-,26?/m1/s1. The Balaban J connectivity index is 1.75. The van der Waals surface area contributed by atoms with E-state index < -0.39 is 53.8 Å². The minimum absolute atomic E-state index is 0.0172. The predicted octanol–water partition coefficient (Wildman–Crippen LogP) is 2.90. The third kappa shape index (κ3) is 6.12. The lowest BCUT2D eigenvalue weighted by molar-refractivity contribution is -0.158. The number of piperazine rings is 1. The van der Waals surface area contributed by atoms with Crippen LogP contribution >= 0.6 is 0 Å². The molecule has 2 aliphatic rings. The second kappa shape index (κ2) is 12.2. The molecule has 1 heterocycles. The molecule has 1 aliphatic heterocycles. The van der Waals surface area contributed by atoms with E-state index >= 15 is 4.39 Å². The third-order valence-electron chi connectivity index (χ3n) is 7.46. The lowest BCUT2D eigenvalue weighted by Crippen LogP contribution is -2.67. The van der Waals surface area contributed by atoms with E-state index in [-0.39, 0.29) is 30.4 Å². The highest BCUT2D eigenvalue weighted by atomic mass is 19.1. The van der Waals surface area contributed by atoms with Crippen LogP contribution in [0.4, 0.5) is 8.78 Å². The molecule has 39 heavy (non-hydrogen) atoms. The second-order valence-corrected chi connectivity index (χ2v) is 10.5. The van der Waals surface area contributed by atoms with Crippen LogP contribution in [0.15, 0.2) is 42.5 Å². The highest BCUT2D eigenvalue weighted by molar-refractivity contribution is 6.00. The number of benzene rings is 2. The van der Waals surface area contributed by atoms with Crippen LogP contribution in [0.1, 0.15) is 43.0 Å². The zero-order valence-electron chi connectivity index (χ0n) is 22.6. The molecule has 1 aliphatic carbocycles. The molecule has 0 radical (unpaired) electrons. The first-order valence-corrected chi connectivity index (χ1v) is 13.1. The summed E-state index contributed by atoms with van der Waals surface area (Å²) in [6.07, 6.45) is 0.631. The Bertz CT molecular complexity index is 1190. The lowest BCUT2D eigenvalue weighted by Gasteiger charge is -2.44. The molecule has 3 amide bonds. The number of hydrogen-bond acceptors (Lipinski definition) is 5. The van der Waals surface area contributed by atoms with E-state index in [1.54, 1.807) is 0 Å². The highest BCUT2D eigenvalue weighted by Crippen LogP contribution is 2.36. The number of fused-ring (bicyclic) bond motifs is 1. The van der Waals surface area contributed by atoms with E-state index in [4.69, 9.17) is 9.47 Å². The van der Waals surface area contributed by atoms with Crippen molar-refractivity contribution in [1.82, 2.24) is 15.5 Å². The molecule has 4 rings (SSSR count). The van der Waals surface area contributed by atoms with Gasteiger partial charge in [-0.2, -0.15) is 0 Å². The van der Waals surface area contributed by atoms with Gasteiger partial charge in [-0.15, -0.1) is 0 Å². The summed E-state index contributed by atoms with van der Waals surface area (Å²) in [7, 11) is 2.80. The van der Waals surface area contributed by atoms with Crippen molar-refractivity contribution in [2.45, 2.75) is 57.5 Å². The van der Waals surface area contributed by atoms with Gasteiger partial charge in [-0.25, -0.2) is 8.78 Å². The predicted molar refractivity (Wildman–Crippen MR) is 139 cm³/mol. The molecule has 10 heteroatoms. The third-order valence-corrected chi connectivity index (χ3v) is 7.46. The fourth-order valence-corrected chi connectivity index (χ4v) is 5.56. The van der Waals surface area contributed by atoms with Crippen molar-refractivity contribution in [2.75, 3.05) is 20.8 Å². The molecule has 1 unspecified atom stereocenters. The van der Waals surface area contributed by atoms with E-state index in [0.29, 0.717) is 18.9 Å². The fourth-order valence-electron chi connectivity index (χ4n) is 5.56. The Labute approximate surface area is 227 Å². The van der Waals surface area contributed by atoms with Crippen LogP contribution in [0.2, 0.25) is 0 Å². The molecule has 3 atom stereocenters. The number of nitrogens with one attached hydrogen (secondary N) is 2. The maximum atomic E-state index is 15.2. The Morgan fingerprint density at radius 2 is 1.72 bits per heavy atom. The first-order chi connectivity index (χ1) is 18.6. The first kappa shape index (κ1) is 28.6. The zero-order chi connectivity index (χ0) is 28.3. The van der Waals surface area contributed by atoms with Crippen LogP contribution in [0.3, 0.4) is 0 Å². The Kier molecular flexibility index (Phi) is 8.97. The van der Waals surface area contributed by atoms with Crippen molar-refractivity contribution in [3.05, 3.63) is 70.8 Å². The number of nitrogens with zero attached hydrogens (tertiary/aromatic N) is 1. The van der Waals surface area contributed by atoms with Gasteiger partial charge in [-0.3, -0.25) is 14.4 Å². The summed E-state index contributed by atoms with van der Waals surface area (Å²) in [5.41, 5.74) is 2.00. The van der Waals surface area contributed by atoms with Crippen molar-refractivity contribution in [2.24, 2.45) is 11.8 Å². The lowest BCUT2D eigenvalue weighted by atomic mass is 9.88. The molecule has 1 saturated heterocycles. The maximum absolute atomic E-state index is 15.2. The number of hydrogen-bond donors (Lipinski definition) is 2. The van der Waals surface area contributed by atoms with Gasteiger partial charge in [0.2, 0.25) is 17.7 Å². The van der Waals surface area contributed by atoms with E-state index in [1.165, 1.54) is 19.1 Å². The summed E-state index contributed by atoms with van der Waals surface area (Å²) >= 11 is 0.